The number of hydrogen-bond acceptors (Lipinski definition) is 4. The van der Waals surface area contributed by atoms with Gasteiger partial charge in [-0.1, -0.05) is 63.4 Å². The van der Waals surface area contributed by atoms with Crippen LogP contribution in [0.2, 0.25) is 10.0 Å². The van der Waals surface area contributed by atoms with Gasteiger partial charge in [-0.3, -0.25) is 4.79 Å². The predicted octanol–water partition coefficient (Wildman–Crippen LogP) is 7.28. The standard InChI is InChI=1S/C25H19BrCl2N2O3/c1-2-32-23-13-17(8-11-22(23)33-15-16-6-9-19(26)10-7-16)12-18(14-29)25(31)30-21-5-3-4-20(27)24(21)28/h3-13H,2,15H2,1H3,(H,30,31)/b18-12-. The van der Waals surface area contributed by atoms with Gasteiger partial charge in [-0.25, -0.2) is 0 Å². The van der Waals surface area contributed by atoms with Crippen molar-refractivity contribution < 1.29 is 14.3 Å². The molecule has 8 heteroatoms. The van der Waals surface area contributed by atoms with Crippen LogP contribution in [0.5, 0.6) is 11.5 Å². The summed E-state index contributed by atoms with van der Waals surface area (Å²) in [5.41, 5.74) is 1.84. The van der Waals surface area contributed by atoms with E-state index in [4.69, 9.17) is 32.7 Å². The van der Waals surface area contributed by atoms with E-state index in [-0.39, 0.29) is 10.6 Å². The van der Waals surface area contributed by atoms with Crippen molar-refractivity contribution in [1.82, 2.24) is 0 Å². The molecule has 0 bridgehead atoms. The number of ether oxygens (including phenoxy) is 2. The van der Waals surface area contributed by atoms with Gasteiger partial charge in [0.25, 0.3) is 5.91 Å². The van der Waals surface area contributed by atoms with Gasteiger partial charge < -0.3 is 14.8 Å². The lowest BCUT2D eigenvalue weighted by Crippen LogP contribution is -2.13. The minimum absolute atomic E-state index is 0.1000. The van der Waals surface area contributed by atoms with Gasteiger partial charge in [0.05, 0.1) is 22.3 Å². The van der Waals surface area contributed by atoms with Crippen LogP contribution in [0.25, 0.3) is 6.08 Å². The van der Waals surface area contributed by atoms with E-state index in [0.29, 0.717) is 41.0 Å². The van der Waals surface area contributed by atoms with E-state index in [0.717, 1.165) is 10.0 Å². The van der Waals surface area contributed by atoms with Gasteiger partial charge in [0.15, 0.2) is 11.5 Å². The number of rotatable bonds is 8. The van der Waals surface area contributed by atoms with E-state index in [9.17, 15) is 10.1 Å². The van der Waals surface area contributed by atoms with Crippen LogP contribution in [-0.4, -0.2) is 12.5 Å². The third-order valence-corrected chi connectivity index (χ3v) is 5.80. The average Bonchev–Trinajstić information content (AvgIpc) is 2.81. The Morgan fingerprint density at radius 2 is 1.85 bits per heavy atom. The highest BCUT2D eigenvalue weighted by Crippen LogP contribution is 2.31. The van der Waals surface area contributed by atoms with Crippen LogP contribution < -0.4 is 14.8 Å². The summed E-state index contributed by atoms with van der Waals surface area (Å²) in [4.78, 5) is 12.6. The highest BCUT2D eigenvalue weighted by molar-refractivity contribution is 9.10. The van der Waals surface area contributed by atoms with Gasteiger partial charge in [-0.05, 0) is 60.5 Å². The molecule has 0 aliphatic rings. The summed E-state index contributed by atoms with van der Waals surface area (Å²) in [6.07, 6.45) is 1.47. The minimum Gasteiger partial charge on any atom is -0.490 e. The minimum atomic E-state index is -0.602. The second-order valence-corrected chi connectivity index (χ2v) is 8.48. The molecule has 1 N–H and O–H groups in total. The van der Waals surface area contributed by atoms with Crippen molar-refractivity contribution in [1.29, 1.82) is 5.26 Å². The molecule has 3 aromatic rings. The molecule has 0 aromatic heterocycles. The summed E-state index contributed by atoms with van der Waals surface area (Å²) in [6.45, 7) is 2.67. The Labute approximate surface area is 210 Å². The third kappa shape index (κ3) is 6.75. The Morgan fingerprint density at radius 1 is 1.09 bits per heavy atom. The molecule has 0 saturated carbocycles. The molecule has 0 aliphatic heterocycles. The summed E-state index contributed by atoms with van der Waals surface area (Å²) < 4.78 is 12.6. The van der Waals surface area contributed by atoms with Gasteiger partial charge in [-0.15, -0.1) is 0 Å². The van der Waals surface area contributed by atoms with Crippen molar-refractivity contribution >= 4 is 56.8 Å². The molecule has 0 heterocycles. The lowest BCUT2D eigenvalue weighted by Gasteiger charge is -2.13. The lowest BCUT2D eigenvalue weighted by atomic mass is 10.1. The zero-order chi connectivity index (χ0) is 23.8. The average molecular weight is 546 g/mol. The molecule has 3 rings (SSSR count). The summed E-state index contributed by atoms with van der Waals surface area (Å²) >= 11 is 15.5. The van der Waals surface area contributed by atoms with Crippen LogP contribution >= 0.6 is 39.1 Å². The molecule has 0 atom stereocenters. The fraction of sp³-hybridized carbons (Fsp3) is 0.120. The van der Waals surface area contributed by atoms with E-state index in [1.165, 1.54) is 6.08 Å². The molecule has 0 radical (unpaired) electrons. The van der Waals surface area contributed by atoms with Crippen molar-refractivity contribution in [2.75, 3.05) is 11.9 Å². The number of halogens is 3. The van der Waals surface area contributed by atoms with E-state index in [1.807, 2.05) is 37.3 Å². The van der Waals surface area contributed by atoms with Gasteiger partial charge in [0, 0.05) is 4.47 Å². The number of carbonyl (C=O) groups excluding carboxylic acids is 1. The van der Waals surface area contributed by atoms with E-state index in [2.05, 4.69) is 21.2 Å². The van der Waals surface area contributed by atoms with Crippen molar-refractivity contribution in [3.63, 3.8) is 0 Å². The summed E-state index contributed by atoms with van der Waals surface area (Å²) in [6, 6.07) is 19.8. The first kappa shape index (κ1) is 24.7. The summed E-state index contributed by atoms with van der Waals surface area (Å²) in [7, 11) is 0. The van der Waals surface area contributed by atoms with Crippen LogP contribution in [0, 0.1) is 11.3 Å². The highest BCUT2D eigenvalue weighted by atomic mass is 79.9. The molecule has 3 aromatic carbocycles. The van der Waals surface area contributed by atoms with Gasteiger partial charge in [0.2, 0.25) is 0 Å². The molecule has 0 spiro atoms. The van der Waals surface area contributed by atoms with Gasteiger partial charge >= 0.3 is 0 Å². The molecular formula is C25H19BrCl2N2O3. The van der Waals surface area contributed by atoms with Crippen LogP contribution in [0.15, 0.2) is 70.7 Å². The second-order valence-electron chi connectivity index (χ2n) is 6.78. The quantitative estimate of drug-likeness (QED) is 0.238. The second kappa shape index (κ2) is 11.8. The molecule has 33 heavy (non-hydrogen) atoms. The number of anilines is 1. The zero-order valence-electron chi connectivity index (χ0n) is 17.6. The highest BCUT2D eigenvalue weighted by Gasteiger charge is 2.14. The maximum atomic E-state index is 12.6. The van der Waals surface area contributed by atoms with Crippen molar-refractivity contribution in [3.8, 4) is 17.6 Å². The first-order valence-corrected chi connectivity index (χ1v) is 11.5. The van der Waals surface area contributed by atoms with Gasteiger partial charge in [0.1, 0.15) is 18.2 Å². The van der Waals surface area contributed by atoms with E-state index >= 15 is 0 Å². The molecule has 0 saturated heterocycles. The lowest BCUT2D eigenvalue weighted by molar-refractivity contribution is -0.112. The topological polar surface area (TPSA) is 71.3 Å². The van der Waals surface area contributed by atoms with E-state index in [1.54, 1.807) is 36.4 Å². The van der Waals surface area contributed by atoms with Gasteiger partial charge in [-0.2, -0.15) is 5.26 Å². The maximum absolute atomic E-state index is 12.6. The number of nitriles is 1. The maximum Gasteiger partial charge on any atom is 0.266 e. The molecule has 1 amide bonds. The van der Waals surface area contributed by atoms with Crippen molar-refractivity contribution in [2.45, 2.75) is 13.5 Å². The third-order valence-electron chi connectivity index (χ3n) is 4.45. The Balaban J connectivity index is 1.79. The van der Waals surface area contributed by atoms with Crippen molar-refractivity contribution in [3.05, 3.63) is 91.9 Å². The number of carbonyl (C=O) groups is 1. The number of nitrogens with zero attached hydrogens (tertiary/aromatic N) is 1. The molecule has 5 nitrogen and oxygen atoms in total. The Hall–Kier alpha value is -2.98. The first-order chi connectivity index (χ1) is 15.9. The van der Waals surface area contributed by atoms with Crippen LogP contribution in [0.4, 0.5) is 5.69 Å². The smallest absolute Gasteiger partial charge is 0.266 e. The van der Waals surface area contributed by atoms with Crippen LogP contribution in [0.1, 0.15) is 18.1 Å². The Morgan fingerprint density at radius 3 is 2.55 bits per heavy atom. The zero-order valence-corrected chi connectivity index (χ0v) is 20.7. The first-order valence-electron chi connectivity index (χ1n) is 9.92. The molecule has 0 unspecified atom stereocenters. The number of nitrogens with one attached hydrogen (secondary N) is 1. The summed E-state index contributed by atoms with van der Waals surface area (Å²) in [5.74, 6) is 0.472. The monoisotopic (exact) mass is 544 g/mol. The fourth-order valence-corrected chi connectivity index (χ4v) is 3.46. The van der Waals surface area contributed by atoms with Crippen molar-refractivity contribution in [2.24, 2.45) is 0 Å². The molecule has 0 aliphatic carbocycles. The SMILES string of the molecule is CCOc1cc(/C=C(/C#N)C(=O)Nc2cccc(Cl)c2Cl)ccc1OCc1ccc(Br)cc1. The van der Waals surface area contributed by atoms with E-state index < -0.39 is 5.91 Å². The summed E-state index contributed by atoms with van der Waals surface area (Å²) in [5, 5.41) is 12.6. The fourth-order valence-electron chi connectivity index (χ4n) is 2.85. The molecule has 168 valence electrons. The number of hydrogen-bond donors (Lipinski definition) is 1. The number of amides is 1. The largest absolute Gasteiger partial charge is 0.490 e. The molecule has 0 fully saturated rings. The number of benzene rings is 3. The van der Waals surface area contributed by atoms with Crippen LogP contribution in [0.3, 0.4) is 0 Å². The molecular weight excluding hydrogens is 527 g/mol. The van der Waals surface area contributed by atoms with Crippen LogP contribution in [-0.2, 0) is 11.4 Å². The Bertz CT molecular complexity index is 1220. The normalized spacial score (nSPS) is 10.9. The predicted molar refractivity (Wildman–Crippen MR) is 135 cm³/mol. The Kier molecular flexibility index (Phi) is 8.79.